The molecule has 0 saturated carbocycles. The van der Waals surface area contributed by atoms with Crippen LogP contribution < -0.4 is 0 Å². The summed E-state index contributed by atoms with van der Waals surface area (Å²) >= 11 is 0. The van der Waals surface area contributed by atoms with Crippen molar-refractivity contribution in [2.75, 3.05) is 13.2 Å². The highest BCUT2D eigenvalue weighted by atomic mass is 16.5. The van der Waals surface area contributed by atoms with Crippen LogP contribution in [0, 0.1) is 6.92 Å². The summed E-state index contributed by atoms with van der Waals surface area (Å²) in [5.74, 6) is 0. The summed E-state index contributed by atoms with van der Waals surface area (Å²) < 4.78 is 7.83. The number of aromatic nitrogens is 2. The summed E-state index contributed by atoms with van der Waals surface area (Å²) in [5, 5.41) is 0. The number of aryl methyl sites for hydroxylation is 1. The highest BCUT2D eigenvalue weighted by Crippen LogP contribution is 2.16. The average molecular weight is 259 g/mol. The van der Waals surface area contributed by atoms with Gasteiger partial charge >= 0.3 is 0 Å². The smallest absolute Gasteiger partial charge is 0.137 e. The van der Waals surface area contributed by atoms with E-state index in [0.29, 0.717) is 12.1 Å². The van der Waals surface area contributed by atoms with Crippen LogP contribution in [-0.4, -0.2) is 39.6 Å². The fourth-order valence-electron chi connectivity index (χ4n) is 2.68. The Morgan fingerprint density at radius 2 is 2.21 bits per heavy atom. The minimum absolute atomic E-state index is 0.315. The molecule has 0 aliphatic carbocycles. The molecular weight excluding hydrogens is 238 g/mol. The quantitative estimate of drug-likeness (QED) is 0.828. The molecule has 1 aliphatic rings. The molecule has 2 atom stereocenters. The summed E-state index contributed by atoms with van der Waals surface area (Å²) in [4.78, 5) is 7.16. The molecule has 0 spiro atoms. The second kappa shape index (κ2) is 4.94. The van der Waals surface area contributed by atoms with Crippen LogP contribution in [0.25, 0.3) is 5.65 Å². The lowest BCUT2D eigenvalue weighted by molar-refractivity contribution is -0.0530. The first kappa shape index (κ1) is 12.6. The van der Waals surface area contributed by atoms with Gasteiger partial charge in [0.2, 0.25) is 0 Å². The fourth-order valence-corrected chi connectivity index (χ4v) is 2.68. The van der Waals surface area contributed by atoms with E-state index in [1.165, 1.54) is 5.69 Å². The summed E-state index contributed by atoms with van der Waals surface area (Å²) in [7, 11) is 0. The van der Waals surface area contributed by atoms with Gasteiger partial charge in [-0.25, -0.2) is 4.98 Å². The van der Waals surface area contributed by atoms with Crippen molar-refractivity contribution >= 4 is 5.65 Å². The molecule has 0 radical (unpaired) electrons. The van der Waals surface area contributed by atoms with Crippen LogP contribution in [0.5, 0.6) is 0 Å². The van der Waals surface area contributed by atoms with Gasteiger partial charge in [-0.1, -0.05) is 6.07 Å². The van der Waals surface area contributed by atoms with E-state index in [1.54, 1.807) is 0 Å². The minimum Gasteiger partial charge on any atom is -0.376 e. The maximum Gasteiger partial charge on any atom is 0.137 e. The second-order valence-corrected chi connectivity index (χ2v) is 5.55. The Morgan fingerprint density at radius 1 is 1.37 bits per heavy atom. The van der Waals surface area contributed by atoms with E-state index in [1.807, 2.05) is 0 Å². The van der Waals surface area contributed by atoms with Crippen LogP contribution in [0.3, 0.4) is 0 Å². The van der Waals surface area contributed by atoms with E-state index in [0.717, 1.165) is 31.0 Å². The Labute approximate surface area is 114 Å². The Bertz CT molecular complexity index is 578. The van der Waals surface area contributed by atoms with Gasteiger partial charge in [-0.15, -0.1) is 0 Å². The highest BCUT2D eigenvalue weighted by Gasteiger charge is 2.24. The first-order valence-electron chi connectivity index (χ1n) is 6.93. The van der Waals surface area contributed by atoms with Crippen molar-refractivity contribution in [3.8, 4) is 0 Å². The van der Waals surface area contributed by atoms with Gasteiger partial charge in [-0.05, 0) is 32.9 Å². The fraction of sp³-hybridized carbons (Fsp3) is 0.533. The van der Waals surface area contributed by atoms with Crippen molar-refractivity contribution in [3.05, 3.63) is 35.8 Å². The predicted octanol–water partition coefficient (Wildman–Crippen LogP) is 2.25. The standard InChI is InChI=1S/C15H21N3O/c1-11-5-4-6-15-16-14(9-18(11)15)8-17-7-13(3)19-10-12(17)2/h4-6,9,12-13H,7-8,10H2,1-3H3. The van der Waals surface area contributed by atoms with Crippen molar-refractivity contribution in [3.63, 3.8) is 0 Å². The average Bonchev–Trinajstić information content (AvgIpc) is 2.78. The number of fused-ring (bicyclic) bond motifs is 1. The van der Waals surface area contributed by atoms with Crippen molar-refractivity contribution in [2.24, 2.45) is 0 Å². The van der Waals surface area contributed by atoms with Gasteiger partial charge in [-0.2, -0.15) is 0 Å². The van der Waals surface area contributed by atoms with Crippen LogP contribution in [0.4, 0.5) is 0 Å². The van der Waals surface area contributed by atoms with E-state index in [-0.39, 0.29) is 0 Å². The van der Waals surface area contributed by atoms with Gasteiger partial charge in [0, 0.05) is 31.0 Å². The number of imidazole rings is 1. The first-order valence-corrected chi connectivity index (χ1v) is 6.93. The van der Waals surface area contributed by atoms with Crippen LogP contribution >= 0.6 is 0 Å². The summed E-state index contributed by atoms with van der Waals surface area (Å²) in [6.45, 7) is 9.15. The molecule has 0 amide bonds. The third kappa shape index (κ3) is 2.51. The lowest BCUT2D eigenvalue weighted by atomic mass is 10.2. The Kier molecular flexibility index (Phi) is 3.29. The zero-order valence-corrected chi connectivity index (χ0v) is 11.8. The molecule has 1 saturated heterocycles. The topological polar surface area (TPSA) is 29.8 Å². The molecule has 2 aromatic rings. The Hall–Kier alpha value is -1.39. The molecule has 4 nitrogen and oxygen atoms in total. The Morgan fingerprint density at radius 3 is 3.00 bits per heavy atom. The van der Waals surface area contributed by atoms with Crippen molar-refractivity contribution < 1.29 is 4.74 Å². The van der Waals surface area contributed by atoms with Gasteiger partial charge < -0.3 is 9.14 Å². The van der Waals surface area contributed by atoms with Crippen LogP contribution in [0.15, 0.2) is 24.4 Å². The predicted molar refractivity (Wildman–Crippen MR) is 75.2 cm³/mol. The van der Waals surface area contributed by atoms with Crippen molar-refractivity contribution in [2.45, 2.75) is 39.5 Å². The minimum atomic E-state index is 0.315. The molecule has 2 aromatic heterocycles. The zero-order valence-electron chi connectivity index (χ0n) is 11.8. The zero-order chi connectivity index (χ0) is 13.4. The number of morpholine rings is 1. The lowest BCUT2D eigenvalue weighted by Gasteiger charge is -2.36. The molecule has 0 N–H and O–H groups in total. The number of hydrogen-bond acceptors (Lipinski definition) is 3. The van der Waals surface area contributed by atoms with Crippen molar-refractivity contribution in [1.29, 1.82) is 0 Å². The lowest BCUT2D eigenvalue weighted by Crippen LogP contribution is -2.46. The second-order valence-electron chi connectivity index (χ2n) is 5.55. The molecule has 102 valence electrons. The number of ether oxygens (including phenoxy) is 1. The van der Waals surface area contributed by atoms with E-state index in [2.05, 4.69) is 54.5 Å². The number of nitrogens with zero attached hydrogens (tertiary/aromatic N) is 3. The number of pyridine rings is 1. The third-order valence-corrected chi connectivity index (χ3v) is 3.85. The molecule has 0 bridgehead atoms. The van der Waals surface area contributed by atoms with Gasteiger partial charge in [-0.3, -0.25) is 4.90 Å². The third-order valence-electron chi connectivity index (χ3n) is 3.85. The number of hydrogen-bond donors (Lipinski definition) is 0. The summed E-state index contributed by atoms with van der Waals surface area (Å²) in [6, 6.07) is 6.68. The molecule has 0 aromatic carbocycles. The van der Waals surface area contributed by atoms with Gasteiger partial charge in [0.15, 0.2) is 0 Å². The van der Waals surface area contributed by atoms with Crippen LogP contribution in [-0.2, 0) is 11.3 Å². The molecule has 3 rings (SSSR count). The molecule has 4 heteroatoms. The molecule has 1 aliphatic heterocycles. The number of rotatable bonds is 2. The molecular formula is C15H21N3O. The molecule has 19 heavy (non-hydrogen) atoms. The van der Waals surface area contributed by atoms with Crippen LogP contribution in [0.2, 0.25) is 0 Å². The Balaban J connectivity index is 1.83. The molecule has 3 heterocycles. The first-order chi connectivity index (χ1) is 9.13. The normalized spacial score (nSPS) is 25.0. The van der Waals surface area contributed by atoms with E-state index in [4.69, 9.17) is 9.72 Å². The highest BCUT2D eigenvalue weighted by molar-refractivity contribution is 5.41. The maximum atomic E-state index is 5.67. The van der Waals surface area contributed by atoms with Gasteiger partial charge in [0.05, 0.1) is 18.4 Å². The van der Waals surface area contributed by atoms with Crippen LogP contribution in [0.1, 0.15) is 25.2 Å². The monoisotopic (exact) mass is 259 g/mol. The molecule has 1 fully saturated rings. The molecule has 2 unspecified atom stereocenters. The largest absolute Gasteiger partial charge is 0.376 e. The maximum absolute atomic E-state index is 5.67. The van der Waals surface area contributed by atoms with E-state index >= 15 is 0 Å². The van der Waals surface area contributed by atoms with Gasteiger partial charge in [0.1, 0.15) is 5.65 Å². The summed E-state index contributed by atoms with van der Waals surface area (Å²) in [5.41, 5.74) is 3.39. The summed E-state index contributed by atoms with van der Waals surface area (Å²) in [6.07, 6.45) is 2.47. The SMILES string of the molecule is Cc1cccc2nc(CN3CC(C)OCC3C)cn12. The van der Waals surface area contributed by atoms with E-state index in [9.17, 15) is 0 Å². The van der Waals surface area contributed by atoms with Crippen molar-refractivity contribution in [1.82, 2.24) is 14.3 Å². The van der Waals surface area contributed by atoms with E-state index < -0.39 is 0 Å². The van der Waals surface area contributed by atoms with Gasteiger partial charge in [0.25, 0.3) is 0 Å².